The van der Waals surface area contributed by atoms with E-state index in [-0.39, 0.29) is 28.7 Å². The lowest BCUT2D eigenvalue weighted by Crippen LogP contribution is -2.39. The van der Waals surface area contributed by atoms with Crippen LogP contribution in [-0.4, -0.2) is 81.0 Å². The highest BCUT2D eigenvalue weighted by Gasteiger charge is 2.29. The quantitative estimate of drug-likeness (QED) is 0.377. The third-order valence-corrected chi connectivity index (χ3v) is 10.2. The summed E-state index contributed by atoms with van der Waals surface area (Å²) in [6, 6.07) is 10.9. The third kappa shape index (κ3) is 6.78. The number of aromatic nitrogens is 1. The molecule has 1 amide bonds. The zero-order chi connectivity index (χ0) is 26.7. The summed E-state index contributed by atoms with van der Waals surface area (Å²) in [7, 11) is -3.61. The molecular weight excluding hydrogens is 563 g/mol. The SMILES string of the molecule is CC1CCN(S(=O)(=O)c2ccc(C(=O)N(CCCN3CCOCC3)c3nc4c(F)cccc4s3)cc2)CC1.Cl. The molecule has 2 saturated heterocycles. The van der Waals surface area contributed by atoms with Crippen molar-refractivity contribution in [2.75, 3.05) is 57.4 Å². The number of anilines is 1. The molecule has 0 radical (unpaired) electrons. The van der Waals surface area contributed by atoms with Crippen molar-refractivity contribution < 1.29 is 22.3 Å². The van der Waals surface area contributed by atoms with Gasteiger partial charge >= 0.3 is 0 Å². The second kappa shape index (κ2) is 13.0. The monoisotopic (exact) mass is 596 g/mol. The second-order valence-corrected chi connectivity index (χ2v) is 12.9. The summed E-state index contributed by atoms with van der Waals surface area (Å²) in [5.74, 6) is -0.193. The van der Waals surface area contributed by atoms with E-state index in [1.165, 1.54) is 33.8 Å². The van der Waals surface area contributed by atoms with Gasteiger partial charge in [0.05, 0.1) is 22.8 Å². The summed E-state index contributed by atoms with van der Waals surface area (Å²) in [4.78, 5) is 22.2. The molecule has 0 unspecified atom stereocenters. The molecule has 0 N–H and O–H groups in total. The van der Waals surface area contributed by atoms with E-state index in [4.69, 9.17) is 4.74 Å². The van der Waals surface area contributed by atoms with Crippen LogP contribution in [0.1, 0.15) is 36.5 Å². The van der Waals surface area contributed by atoms with Gasteiger partial charge in [-0.3, -0.25) is 14.6 Å². The number of benzene rings is 2. The van der Waals surface area contributed by atoms with Gasteiger partial charge in [0.1, 0.15) is 11.3 Å². The van der Waals surface area contributed by atoms with Crippen LogP contribution in [0.25, 0.3) is 10.2 Å². The number of rotatable bonds is 8. The first-order valence-corrected chi connectivity index (χ1v) is 15.4. The van der Waals surface area contributed by atoms with Gasteiger partial charge in [0.25, 0.3) is 5.91 Å². The molecule has 3 heterocycles. The first-order chi connectivity index (χ1) is 18.3. The average molecular weight is 597 g/mol. The summed E-state index contributed by atoms with van der Waals surface area (Å²) in [5.41, 5.74) is 0.609. The highest BCUT2D eigenvalue weighted by molar-refractivity contribution is 7.89. The lowest BCUT2D eigenvalue weighted by atomic mass is 10.0. The minimum atomic E-state index is -3.61. The topological polar surface area (TPSA) is 83.1 Å². The molecule has 0 spiro atoms. The predicted octanol–water partition coefficient (Wildman–Crippen LogP) is 4.65. The Morgan fingerprint density at radius 1 is 1.10 bits per heavy atom. The molecule has 0 saturated carbocycles. The number of fused-ring (bicyclic) bond motifs is 1. The van der Waals surface area contributed by atoms with Crippen LogP contribution < -0.4 is 4.90 Å². The zero-order valence-corrected chi connectivity index (χ0v) is 24.4. The van der Waals surface area contributed by atoms with Crippen LogP contribution in [-0.2, 0) is 14.8 Å². The molecule has 2 aliphatic rings. The maximum absolute atomic E-state index is 14.4. The van der Waals surface area contributed by atoms with E-state index in [2.05, 4.69) is 16.8 Å². The number of hydrogen-bond donors (Lipinski definition) is 0. The maximum atomic E-state index is 14.4. The Morgan fingerprint density at radius 2 is 1.79 bits per heavy atom. The largest absolute Gasteiger partial charge is 0.379 e. The molecule has 39 heavy (non-hydrogen) atoms. The van der Waals surface area contributed by atoms with E-state index in [0.29, 0.717) is 60.6 Å². The molecule has 0 atom stereocenters. The van der Waals surface area contributed by atoms with Crippen LogP contribution in [0.15, 0.2) is 47.4 Å². The van der Waals surface area contributed by atoms with Crippen molar-refractivity contribution in [2.24, 2.45) is 5.92 Å². The molecule has 0 bridgehead atoms. The number of amides is 1. The summed E-state index contributed by atoms with van der Waals surface area (Å²) in [6.45, 7) is 7.47. The zero-order valence-electron chi connectivity index (χ0n) is 21.9. The number of morpholine rings is 1. The van der Waals surface area contributed by atoms with Crippen LogP contribution in [0.2, 0.25) is 0 Å². The third-order valence-electron chi connectivity index (χ3n) is 7.28. The number of piperidine rings is 1. The number of thiazole rings is 1. The number of sulfonamides is 1. The molecule has 2 aliphatic heterocycles. The molecule has 5 rings (SSSR count). The van der Waals surface area contributed by atoms with Crippen molar-refractivity contribution in [1.29, 1.82) is 0 Å². The molecule has 8 nitrogen and oxygen atoms in total. The summed E-state index contributed by atoms with van der Waals surface area (Å²) in [5, 5.41) is 0.427. The van der Waals surface area contributed by atoms with E-state index in [0.717, 1.165) is 32.5 Å². The van der Waals surface area contributed by atoms with Crippen molar-refractivity contribution in [3.05, 3.63) is 53.8 Å². The number of carbonyl (C=O) groups is 1. The van der Waals surface area contributed by atoms with Crippen molar-refractivity contribution >= 4 is 55.0 Å². The summed E-state index contributed by atoms with van der Waals surface area (Å²) < 4.78 is 48.2. The Balaban J connectivity index is 0.00000353. The van der Waals surface area contributed by atoms with E-state index >= 15 is 0 Å². The van der Waals surface area contributed by atoms with Gasteiger partial charge in [0.2, 0.25) is 10.0 Å². The van der Waals surface area contributed by atoms with Gasteiger partial charge in [0, 0.05) is 44.8 Å². The first kappa shape index (κ1) is 29.8. The van der Waals surface area contributed by atoms with Crippen LogP contribution in [0.3, 0.4) is 0 Å². The van der Waals surface area contributed by atoms with Crippen LogP contribution in [0, 0.1) is 11.7 Å². The van der Waals surface area contributed by atoms with Crippen molar-refractivity contribution in [2.45, 2.75) is 31.1 Å². The Kier molecular flexibility index (Phi) is 9.95. The molecule has 12 heteroatoms. The van der Waals surface area contributed by atoms with E-state index < -0.39 is 15.8 Å². The van der Waals surface area contributed by atoms with Gasteiger partial charge in [0.15, 0.2) is 5.13 Å². The number of nitrogens with zero attached hydrogens (tertiary/aromatic N) is 4. The number of hydrogen-bond acceptors (Lipinski definition) is 7. The van der Waals surface area contributed by atoms with Gasteiger partial charge in [-0.2, -0.15) is 4.31 Å². The molecule has 2 aromatic carbocycles. The van der Waals surface area contributed by atoms with E-state index in [1.54, 1.807) is 29.2 Å². The molecular formula is C27H34ClFN4O4S2. The average Bonchev–Trinajstić information content (AvgIpc) is 3.37. The first-order valence-electron chi connectivity index (χ1n) is 13.1. The fourth-order valence-corrected chi connectivity index (χ4v) is 7.35. The molecule has 0 aliphatic carbocycles. The number of halogens is 2. The van der Waals surface area contributed by atoms with Gasteiger partial charge < -0.3 is 4.74 Å². The highest BCUT2D eigenvalue weighted by Crippen LogP contribution is 2.31. The standard InChI is InChI=1S/C27H33FN4O4S2.ClH/c1-20-10-14-31(15-11-20)38(34,35)22-8-6-21(7-9-22)26(33)32(13-3-12-30-16-18-36-19-17-30)27-29-25-23(28)4-2-5-24(25)37-27;/h2,4-9,20H,3,10-19H2,1H3;1H. The van der Waals surface area contributed by atoms with E-state index in [9.17, 15) is 17.6 Å². The van der Waals surface area contributed by atoms with Crippen LogP contribution in [0.4, 0.5) is 9.52 Å². The van der Waals surface area contributed by atoms with Gasteiger partial charge in [-0.05, 0) is 61.6 Å². The van der Waals surface area contributed by atoms with Crippen LogP contribution in [0.5, 0.6) is 0 Å². The minimum Gasteiger partial charge on any atom is -0.379 e. The van der Waals surface area contributed by atoms with Crippen molar-refractivity contribution in [3.8, 4) is 0 Å². The molecule has 2 fully saturated rings. The van der Waals surface area contributed by atoms with E-state index in [1.807, 2.05) is 0 Å². The van der Waals surface area contributed by atoms with Gasteiger partial charge in [-0.15, -0.1) is 12.4 Å². The summed E-state index contributed by atoms with van der Waals surface area (Å²) >= 11 is 1.27. The fourth-order valence-electron chi connectivity index (χ4n) is 4.88. The molecule has 1 aromatic heterocycles. The Labute approximate surface area is 239 Å². The van der Waals surface area contributed by atoms with Gasteiger partial charge in [-0.1, -0.05) is 24.3 Å². The number of para-hydroxylation sites is 1. The van der Waals surface area contributed by atoms with Crippen molar-refractivity contribution in [3.63, 3.8) is 0 Å². The minimum absolute atomic E-state index is 0. The smallest absolute Gasteiger partial charge is 0.260 e. The Hall–Kier alpha value is -2.15. The Morgan fingerprint density at radius 3 is 2.46 bits per heavy atom. The second-order valence-electron chi connectivity index (χ2n) is 9.96. The normalized spacial score (nSPS) is 17.7. The van der Waals surface area contributed by atoms with Crippen molar-refractivity contribution in [1.82, 2.24) is 14.2 Å². The van der Waals surface area contributed by atoms with Crippen LogP contribution >= 0.6 is 23.7 Å². The number of ether oxygens (including phenoxy) is 1. The maximum Gasteiger partial charge on any atom is 0.260 e. The highest BCUT2D eigenvalue weighted by atomic mass is 35.5. The predicted molar refractivity (Wildman–Crippen MR) is 154 cm³/mol. The number of carbonyl (C=O) groups excluding carboxylic acids is 1. The molecule has 212 valence electrons. The molecule has 3 aromatic rings. The van der Waals surface area contributed by atoms with Gasteiger partial charge in [-0.25, -0.2) is 17.8 Å². The lowest BCUT2D eigenvalue weighted by molar-refractivity contribution is 0.0376. The lowest BCUT2D eigenvalue weighted by Gasteiger charge is -2.29. The Bertz CT molecular complexity index is 1370. The fraction of sp³-hybridized carbons (Fsp3) is 0.481. The summed E-state index contributed by atoms with van der Waals surface area (Å²) in [6.07, 6.45) is 2.40.